The Morgan fingerprint density at radius 1 is 1.26 bits per heavy atom. The minimum absolute atomic E-state index is 0.0351. The number of nitriles is 1. The van der Waals surface area contributed by atoms with Gasteiger partial charge in [-0.3, -0.25) is 9.36 Å². The van der Waals surface area contributed by atoms with E-state index in [0.29, 0.717) is 17.9 Å². The summed E-state index contributed by atoms with van der Waals surface area (Å²) in [6, 6.07) is 8.54. The zero-order valence-corrected chi connectivity index (χ0v) is 19.7. The molecule has 0 aliphatic heterocycles. The third-order valence-electron chi connectivity index (χ3n) is 7.31. The maximum atomic E-state index is 14.3. The predicted molar refractivity (Wildman–Crippen MR) is 126 cm³/mol. The van der Waals surface area contributed by atoms with E-state index < -0.39 is 5.41 Å². The van der Waals surface area contributed by atoms with Crippen molar-refractivity contribution in [2.45, 2.75) is 51.9 Å². The van der Waals surface area contributed by atoms with Gasteiger partial charge in [0.25, 0.3) is 0 Å². The lowest BCUT2D eigenvalue weighted by atomic mass is 9.58. The van der Waals surface area contributed by atoms with Crippen molar-refractivity contribution in [3.63, 3.8) is 0 Å². The monoisotopic (exact) mass is 455 g/mol. The molecule has 172 valence electrons. The van der Waals surface area contributed by atoms with Crippen molar-refractivity contribution in [1.29, 1.82) is 5.26 Å². The van der Waals surface area contributed by atoms with E-state index in [0.717, 1.165) is 29.2 Å². The first-order valence-corrected chi connectivity index (χ1v) is 11.6. The van der Waals surface area contributed by atoms with Crippen LogP contribution in [0, 0.1) is 29.0 Å². The highest BCUT2D eigenvalue weighted by Crippen LogP contribution is 2.50. The Hall–Kier alpha value is -3.66. The van der Waals surface area contributed by atoms with Crippen LogP contribution in [0.1, 0.15) is 57.2 Å². The number of fused-ring (bicyclic) bond motifs is 3. The van der Waals surface area contributed by atoms with Crippen LogP contribution >= 0.6 is 0 Å². The van der Waals surface area contributed by atoms with E-state index in [4.69, 9.17) is 4.98 Å². The molecule has 2 aliphatic carbocycles. The highest BCUT2D eigenvalue weighted by Gasteiger charge is 2.50. The van der Waals surface area contributed by atoms with Crippen LogP contribution in [0.5, 0.6) is 0 Å². The van der Waals surface area contributed by atoms with Crippen LogP contribution in [0.25, 0.3) is 17.1 Å². The van der Waals surface area contributed by atoms with Gasteiger partial charge in [0, 0.05) is 35.3 Å². The Labute approximate surface area is 198 Å². The van der Waals surface area contributed by atoms with Gasteiger partial charge in [-0.1, -0.05) is 39.8 Å². The molecule has 3 aromatic rings. The Morgan fingerprint density at radius 2 is 2.00 bits per heavy atom. The van der Waals surface area contributed by atoms with Gasteiger partial charge in [0.05, 0.1) is 22.5 Å². The largest absolute Gasteiger partial charge is 0.296 e. The summed E-state index contributed by atoms with van der Waals surface area (Å²) in [7, 11) is 0. The summed E-state index contributed by atoms with van der Waals surface area (Å²) in [4.78, 5) is 26.9. The van der Waals surface area contributed by atoms with Crippen molar-refractivity contribution in [2.24, 2.45) is 11.8 Å². The maximum absolute atomic E-state index is 14.3. The molecule has 0 unspecified atom stereocenters. The second kappa shape index (κ2) is 7.98. The number of ketones is 1. The molecule has 0 bridgehead atoms. The molecule has 7 heteroatoms. The summed E-state index contributed by atoms with van der Waals surface area (Å²) < 4.78 is 16.2. The summed E-state index contributed by atoms with van der Waals surface area (Å²) in [5, 5.41) is 9.63. The molecule has 0 amide bonds. The number of carbonyl (C=O) groups excluding carboxylic acids is 1. The molecule has 1 aromatic carbocycles. The maximum Gasteiger partial charge on any atom is 0.176 e. The lowest BCUT2D eigenvalue weighted by molar-refractivity contribution is -0.121. The number of halogens is 1. The summed E-state index contributed by atoms with van der Waals surface area (Å²) in [6.45, 7) is 8.03. The van der Waals surface area contributed by atoms with Gasteiger partial charge in [0.2, 0.25) is 0 Å². The fraction of sp³-hybridized carbons (Fsp3) is 0.370. The number of carbonyl (C=O) groups is 1. The third kappa shape index (κ3) is 3.28. The van der Waals surface area contributed by atoms with Gasteiger partial charge in [-0.15, -0.1) is 0 Å². The molecule has 0 radical (unpaired) electrons. The zero-order chi connectivity index (χ0) is 24.2. The molecule has 0 saturated carbocycles. The van der Waals surface area contributed by atoms with Crippen molar-refractivity contribution in [3.8, 4) is 23.1 Å². The van der Waals surface area contributed by atoms with Gasteiger partial charge >= 0.3 is 0 Å². The van der Waals surface area contributed by atoms with Gasteiger partial charge in [-0.2, -0.15) is 5.26 Å². The van der Waals surface area contributed by atoms with Crippen LogP contribution < -0.4 is 0 Å². The van der Waals surface area contributed by atoms with Crippen molar-refractivity contribution < 1.29 is 9.18 Å². The molecule has 0 saturated heterocycles. The van der Waals surface area contributed by atoms with E-state index in [9.17, 15) is 14.4 Å². The number of Topliss-reactive ketones (excluding diaryl/α,β-unsaturated/α-hetero) is 1. The molecule has 2 aliphatic rings. The minimum atomic E-state index is -0.585. The van der Waals surface area contributed by atoms with Crippen molar-refractivity contribution in [1.82, 2.24) is 19.5 Å². The summed E-state index contributed by atoms with van der Waals surface area (Å²) in [5.74, 6) is 0.897. The second-order valence-corrected chi connectivity index (χ2v) is 9.78. The fourth-order valence-corrected chi connectivity index (χ4v) is 5.55. The number of hydrogen-bond donors (Lipinski definition) is 0. The van der Waals surface area contributed by atoms with Gasteiger partial charge in [-0.05, 0) is 37.0 Å². The van der Waals surface area contributed by atoms with E-state index in [1.807, 2.05) is 31.4 Å². The molecule has 34 heavy (non-hydrogen) atoms. The number of imidazole rings is 1. The Morgan fingerprint density at radius 3 is 2.65 bits per heavy atom. The van der Waals surface area contributed by atoms with Crippen LogP contribution in [-0.4, -0.2) is 25.3 Å². The van der Waals surface area contributed by atoms with Crippen LogP contribution in [0.15, 0.2) is 48.3 Å². The number of hydrogen-bond acceptors (Lipinski definition) is 5. The molecule has 5 rings (SSSR count). The average molecular weight is 456 g/mol. The molecule has 0 N–H and O–H groups in total. The first kappa shape index (κ1) is 22.1. The molecule has 0 fully saturated rings. The van der Waals surface area contributed by atoms with E-state index in [1.165, 1.54) is 12.1 Å². The first-order chi connectivity index (χ1) is 16.2. The lowest BCUT2D eigenvalue weighted by Gasteiger charge is -2.44. The number of allylic oxidation sites excluding steroid dienone is 2. The summed E-state index contributed by atoms with van der Waals surface area (Å²) in [5.41, 5.74) is 2.78. The SMILES string of the molecule is CC(C)c1ncc(-c2nc3c(n2-c2cccc(F)c2)CC[C@@H]2[C@@H](C)C(=O)C(C#N)=C[C@@]32C)cn1. The first-order valence-electron chi connectivity index (χ1n) is 11.6. The molecular formula is C27H26FN5O. The number of aromatic nitrogens is 4. The quantitative estimate of drug-likeness (QED) is 0.550. The second-order valence-electron chi connectivity index (χ2n) is 9.78. The van der Waals surface area contributed by atoms with Gasteiger partial charge in [-0.25, -0.2) is 19.3 Å². The Kier molecular flexibility index (Phi) is 5.20. The predicted octanol–water partition coefficient (Wildman–Crippen LogP) is 5.08. The summed E-state index contributed by atoms with van der Waals surface area (Å²) in [6.07, 6.45) is 6.78. The van der Waals surface area contributed by atoms with E-state index >= 15 is 0 Å². The Bertz CT molecular complexity index is 1360. The van der Waals surface area contributed by atoms with Crippen LogP contribution in [0.4, 0.5) is 4.39 Å². The van der Waals surface area contributed by atoms with Crippen LogP contribution in [-0.2, 0) is 16.6 Å². The smallest absolute Gasteiger partial charge is 0.176 e. The fourth-order valence-electron chi connectivity index (χ4n) is 5.55. The summed E-state index contributed by atoms with van der Waals surface area (Å²) >= 11 is 0. The molecule has 2 aromatic heterocycles. The topological polar surface area (TPSA) is 84.5 Å². The molecule has 2 heterocycles. The minimum Gasteiger partial charge on any atom is -0.296 e. The lowest BCUT2D eigenvalue weighted by Crippen LogP contribution is -2.45. The number of nitrogens with zero attached hydrogens (tertiary/aromatic N) is 5. The van der Waals surface area contributed by atoms with Gasteiger partial charge in [0.15, 0.2) is 5.78 Å². The molecular weight excluding hydrogens is 429 g/mol. The molecule has 0 spiro atoms. The highest BCUT2D eigenvalue weighted by atomic mass is 19.1. The van der Waals surface area contributed by atoms with Crippen LogP contribution in [0.2, 0.25) is 0 Å². The third-order valence-corrected chi connectivity index (χ3v) is 7.31. The molecule has 6 nitrogen and oxygen atoms in total. The highest BCUT2D eigenvalue weighted by molar-refractivity contribution is 6.02. The van der Waals surface area contributed by atoms with Crippen molar-refractivity contribution in [3.05, 3.63) is 71.3 Å². The number of rotatable bonds is 3. The van der Waals surface area contributed by atoms with Gasteiger partial charge in [0.1, 0.15) is 23.5 Å². The zero-order valence-electron chi connectivity index (χ0n) is 19.7. The molecule has 3 atom stereocenters. The van der Waals surface area contributed by atoms with Crippen molar-refractivity contribution in [2.75, 3.05) is 0 Å². The van der Waals surface area contributed by atoms with E-state index in [1.54, 1.807) is 24.5 Å². The normalized spacial score (nSPS) is 23.8. The standard InChI is InChI=1S/C27H26FN5O/c1-15(2)25-30-13-18(14-31-25)26-32-24-22(33(26)20-7-5-6-19(28)10-20)9-8-21-16(3)23(34)17(12-29)11-27(21,24)4/h5-7,10-11,13-16,21H,8-9H2,1-4H3/t16-,21-,27-/m1/s1. The number of benzene rings is 1. The van der Waals surface area contributed by atoms with E-state index in [-0.39, 0.29) is 34.9 Å². The Balaban J connectivity index is 1.77. The van der Waals surface area contributed by atoms with E-state index in [2.05, 4.69) is 23.0 Å². The van der Waals surface area contributed by atoms with Crippen molar-refractivity contribution >= 4 is 5.78 Å². The van der Waals surface area contributed by atoms with Gasteiger partial charge < -0.3 is 0 Å². The average Bonchev–Trinajstić information content (AvgIpc) is 3.22. The van der Waals surface area contributed by atoms with Crippen LogP contribution in [0.3, 0.4) is 0 Å².